The summed E-state index contributed by atoms with van der Waals surface area (Å²) < 4.78 is 0. The van der Waals surface area contributed by atoms with Crippen molar-refractivity contribution in [2.45, 2.75) is 72.1 Å². The van der Waals surface area contributed by atoms with Gasteiger partial charge >= 0.3 is 0 Å². The summed E-state index contributed by atoms with van der Waals surface area (Å²) in [5.41, 5.74) is 0. The van der Waals surface area contributed by atoms with Crippen molar-refractivity contribution in [3.8, 4) is 0 Å². The third kappa shape index (κ3) is 3.98. The molecule has 0 spiro atoms. The molecule has 122 valence electrons. The molecule has 0 aromatic rings. The summed E-state index contributed by atoms with van der Waals surface area (Å²) in [6, 6.07) is 0.663. The van der Waals surface area contributed by atoms with E-state index in [1.807, 2.05) is 0 Å². The number of amides is 1. The number of carbonyl (C=O) groups excluding carboxylic acids is 1. The number of nitrogens with one attached hydrogen (secondary N) is 1. The Kier molecular flexibility index (Phi) is 5.67. The lowest BCUT2D eigenvalue weighted by Gasteiger charge is -2.27. The third-order valence-electron chi connectivity index (χ3n) is 4.95. The van der Waals surface area contributed by atoms with Gasteiger partial charge in [-0.05, 0) is 51.5 Å². The molecule has 2 aliphatic heterocycles. The Morgan fingerprint density at radius 3 is 2.52 bits per heavy atom. The molecule has 2 fully saturated rings. The van der Waals surface area contributed by atoms with Crippen LogP contribution in [0.15, 0.2) is 0 Å². The van der Waals surface area contributed by atoms with Crippen molar-refractivity contribution in [3.63, 3.8) is 0 Å². The quantitative estimate of drug-likeness (QED) is 0.817. The van der Waals surface area contributed by atoms with Crippen molar-refractivity contribution in [3.05, 3.63) is 0 Å². The molecule has 0 aliphatic carbocycles. The zero-order valence-corrected chi connectivity index (χ0v) is 14.4. The van der Waals surface area contributed by atoms with Crippen molar-refractivity contribution in [1.82, 2.24) is 15.1 Å². The zero-order valence-electron chi connectivity index (χ0n) is 14.4. The van der Waals surface area contributed by atoms with Crippen molar-refractivity contribution in [2.24, 2.45) is 11.8 Å². The summed E-state index contributed by atoms with van der Waals surface area (Å²) in [5.74, 6) is 1.54. The maximum absolute atomic E-state index is 12.7. The van der Waals surface area contributed by atoms with Crippen LogP contribution in [0.5, 0.6) is 0 Å². The van der Waals surface area contributed by atoms with Crippen LogP contribution in [0, 0.1) is 11.8 Å². The van der Waals surface area contributed by atoms with Gasteiger partial charge in [0.1, 0.15) is 0 Å². The first-order valence-electron chi connectivity index (χ1n) is 8.72. The Labute approximate surface area is 130 Å². The van der Waals surface area contributed by atoms with Gasteiger partial charge in [-0.25, -0.2) is 0 Å². The molecule has 0 aromatic heterocycles. The molecule has 1 N–H and O–H groups in total. The number of rotatable bonds is 6. The summed E-state index contributed by atoms with van der Waals surface area (Å²) in [7, 11) is 0. The normalized spacial score (nSPS) is 31.1. The minimum Gasteiger partial charge on any atom is -0.325 e. The van der Waals surface area contributed by atoms with E-state index >= 15 is 0 Å². The fourth-order valence-corrected chi connectivity index (χ4v) is 3.70. The summed E-state index contributed by atoms with van der Waals surface area (Å²) in [5, 5.41) is 3.54. The molecule has 2 rings (SSSR count). The van der Waals surface area contributed by atoms with E-state index in [0.29, 0.717) is 23.8 Å². The van der Waals surface area contributed by atoms with Gasteiger partial charge in [0.15, 0.2) is 0 Å². The molecule has 0 bridgehead atoms. The maximum Gasteiger partial charge on any atom is 0.241 e. The Morgan fingerprint density at radius 2 is 2.00 bits per heavy atom. The van der Waals surface area contributed by atoms with Crippen LogP contribution in [0.25, 0.3) is 0 Å². The highest BCUT2D eigenvalue weighted by Gasteiger charge is 2.39. The van der Waals surface area contributed by atoms with E-state index < -0.39 is 0 Å². The van der Waals surface area contributed by atoms with Crippen molar-refractivity contribution < 1.29 is 4.79 Å². The van der Waals surface area contributed by atoms with Crippen LogP contribution in [0.1, 0.15) is 53.9 Å². The smallest absolute Gasteiger partial charge is 0.241 e. The van der Waals surface area contributed by atoms with E-state index in [2.05, 4.69) is 49.7 Å². The van der Waals surface area contributed by atoms with Gasteiger partial charge in [-0.15, -0.1) is 0 Å². The monoisotopic (exact) mass is 295 g/mol. The lowest BCUT2D eigenvalue weighted by atomic mass is 10.0. The van der Waals surface area contributed by atoms with E-state index in [1.165, 1.54) is 13.0 Å². The Morgan fingerprint density at radius 1 is 1.29 bits per heavy atom. The fraction of sp³-hybridized carbons (Fsp3) is 0.941. The van der Waals surface area contributed by atoms with E-state index in [9.17, 15) is 4.79 Å². The van der Waals surface area contributed by atoms with E-state index in [4.69, 9.17) is 0 Å². The standard InChI is InChI=1S/C17H33N3O/c1-6-16-18-15(9-12(2)3)17(21)20(16)11-14-7-8-19(10-14)13(4)5/h12-16,18H,6-11H2,1-5H3. The second-order valence-electron chi connectivity index (χ2n) is 7.51. The largest absolute Gasteiger partial charge is 0.325 e. The molecular formula is C17H33N3O. The summed E-state index contributed by atoms with van der Waals surface area (Å²) in [6.45, 7) is 14.3. The fourth-order valence-electron chi connectivity index (χ4n) is 3.70. The van der Waals surface area contributed by atoms with Gasteiger partial charge in [0.25, 0.3) is 0 Å². The molecule has 0 aromatic carbocycles. The van der Waals surface area contributed by atoms with Crippen LogP contribution in [-0.2, 0) is 4.79 Å². The number of hydrogen-bond acceptors (Lipinski definition) is 3. The zero-order chi connectivity index (χ0) is 15.6. The lowest BCUT2D eigenvalue weighted by Crippen LogP contribution is -2.40. The first-order valence-corrected chi connectivity index (χ1v) is 8.72. The van der Waals surface area contributed by atoms with Gasteiger partial charge in [0, 0.05) is 19.1 Å². The average Bonchev–Trinajstić information content (AvgIpc) is 2.98. The number of likely N-dealkylation sites (tertiary alicyclic amines) is 1. The summed E-state index contributed by atoms with van der Waals surface area (Å²) >= 11 is 0. The molecule has 3 unspecified atom stereocenters. The molecular weight excluding hydrogens is 262 g/mol. The molecule has 3 atom stereocenters. The number of nitrogens with zero attached hydrogens (tertiary/aromatic N) is 2. The molecule has 1 amide bonds. The summed E-state index contributed by atoms with van der Waals surface area (Å²) in [4.78, 5) is 17.3. The van der Waals surface area contributed by atoms with Crippen LogP contribution in [0.3, 0.4) is 0 Å². The first kappa shape index (κ1) is 16.8. The molecule has 4 nitrogen and oxygen atoms in total. The highest BCUT2D eigenvalue weighted by molar-refractivity contribution is 5.84. The number of carbonyl (C=O) groups is 1. The Hall–Kier alpha value is -0.610. The predicted octanol–water partition coefficient (Wildman–Crippen LogP) is 2.30. The Balaban J connectivity index is 1.93. The van der Waals surface area contributed by atoms with E-state index in [0.717, 1.165) is 25.9 Å². The SMILES string of the molecule is CCC1NC(CC(C)C)C(=O)N1CC1CCN(C(C)C)C1. The van der Waals surface area contributed by atoms with Crippen molar-refractivity contribution in [2.75, 3.05) is 19.6 Å². The van der Waals surface area contributed by atoms with Gasteiger partial charge in [-0.3, -0.25) is 10.1 Å². The molecule has 21 heavy (non-hydrogen) atoms. The summed E-state index contributed by atoms with van der Waals surface area (Å²) in [6.07, 6.45) is 3.43. The van der Waals surface area contributed by atoms with E-state index in [1.54, 1.807) is 0 Å². The van der Waals surface area contributed by atoms with Crippen molar-refractivity contribution in [1.29, 1.82) is 0 Å². The molecule has 0 radical (unpaired) electrons. The molecule has 2 saturated heterocycles. The van der Waals surface area contributed by atoms with Crippen LogP contribution in [0.2, 0.25) is 0 Å². The van der Waals surface area contributed by atoms with Gasteiger partial charge < -0.3 is 9.80 Å². The van der Waals surface area contributed by atoms with Gasteiger partial charge in [-0.2, -0.15) is 0 Å². The molecule has 2 heterocycles. The predicted molar refractivity (Wildman–Crippen MR) is 87.0 cm³/mol. The minimum absolute atomic E-state index is 0.0394. The van der Waals surface area contributed by atoms with Crippen LogP contribution in [-0.4, -0.2) is 53.6 Å². The number of hydrogen-bond donors (Lipinski definition) is 1. The van der Waals surface area contributed by atoms with Gasteiger partial charge in [-0.1, -0.05) is 20.8 Å². The first-order chi connectivity index (χ1) is 9.92. The highest BCUT2D eigenvalue weighted by Crippen LogP contribution is 2.24. The third-order valence-corrected chi connectivity index (χ3v) is 4.95. The molecule has 4 heteroatoms. The minimum atomic E-state index is 0.0394. The van der Waals surface area contributed by atoms with Crippen LogP contribution < -0.4 is 5.32 Å². The Bertz CT molecular complexity index is 356. The van der Waals surface area contributed by atoms with Crippen LogP contribution >= 0.6 is 0 Å². The van der Waals surface area contributed by atoms with Gasteiger partial charge in [0.2, 0.25) is 5.91 Å². The van der Waals surface area contributed by atoms with Crippen molar-refractivity contribution >= 4 is 5.91 Å². The second-order valence-corrected chi connectivity index (χ2v) is 7.51. The van der Waals surface area contributed by atoms with Gasteiger partial charge in [0.05, 0.1) is 12.2 Å². The maximum atomic E-state index is 12.7. The topological polar surface area (TPSA) is 35.6 Å². The lowest BCUT2D eigenvalue weighted by molar-refractivity contribution is -0.130. The average molecular weight is 295 g/mol. The van der Waals surface area contributed by atoms with E-state index in [-0.39, 0.29) is 12.2 Å². The van der Waals surface area contributed by atoms with Crippen LogP contribution in [0.4, 0.5) is 0 Å². The molecule has 2 aliphatic rings. The second kappa shape index (κ2) is 7.10. The highest BCUT2D eigenvalue weighted by atomic mass is 16.2. The molecule has 0 saturated carbocycles.